The van der Waals surface area contributed by atoms with Gasteiger partial charge in [0.05, 0.1) is 0 Å². The number of rotatable bonds is 1. The van der Waals surface area contributed by atoms with Gasteiger partial charge < -0.3 is 5.11 Å². The van der Waals surface area contributed by atoms with Gasteiger partial charge in [-0.3, -0.25) is 0 Å². The molecular formula is C20H26O. The van der Waals surface area contributed by atoms with Crippen LogP contribution in [0, 0.1) is 0 Å². The summed E-state index contributed by atoms with van der Waals surface area (Å²) in [6, 6.07) is 14.1. The maximum atomic E-state index is 10.2. The number of benzene rings is 2. The van der Waals surface area contributed by atoms with Crippen molar-refractivity contribution in [1.29, 1.82) is 0 Å². The maximum Gasteiger partial charge on any atom is 0.116 e. The van der Waals surface area contributed by atoms with Gasteiger partial charge in [-0.1, -0.05) is 71.9 Å². The lowest BCUT2D eigenvalue weighted by Crippen LogP contribution is -2.23. The molecule has 2 rings (SSSR count). The first kappa shape index (κ1) is 15.6. The van der Waals surface area contributed by atoms with Gasteiger partial charge in [-0.25, -0.2) is 0 Å². The molecule has 0 amide bonds. The molecule has 2 aromatic carbocycles. The Balaban J connectivity index is 2.85. The smallest absolute Gasteiger partial charge is 0.116 e. The Morgan fingerprint density at radius 3 is 1.81 bits per heavy atom. The zero-order chi connectivity index (χ0) is 15.8. The molecule has 0 heterocycles. The molecule has 0 aromatic heterocycles. The average molecular weight is 282 g/mol. The first-order chi connectivity index (χ1) is 9.60. The Hall–Kier alpha value is -1.76. The largest absolute Gasteiger partial charge is 0.508 e. The van der Waals surface area contributed by atoms with Gasteiger partial charge in [0.2, 0.25) is 0 Å². The molecule has 2 aromatic rings. The fourth-order valence-corrected chi connectivity index (χ4v) is 2.87. The zero-order valence-corrected chi connectivity index (χ0v) is 14.0. The van der Waals surface area contributed by atoms with Crippen LogP contribution in [0.4, 0.5) is 0 Å². The molecular weight excluding hydrogens is 256 g/mol. The summed E-state index contributed by atoms with van der Waals surface area (Å²) < 4.78 is 0. The van der Waals surface area contributed by atoms with Crippen molar-refractivity contribution in [3.05, 3.63) is 53.6 Å². The van der Waals surface area contributed by atoms with E-state index in [-0.39, 0.29) is 10.8 Å². The summed E-state index contributed by atoms with van der Waals surface area (Å²) in [6.45, 7) is 13.3. The van der Waals surface area contributed by atoms with Gasteiger partial charge in [0.1, 0.15) is 5.75 Å². The average Bonchev–Trinajstić information content (AvgIpc) is 2.36. The molecule has 0 bridgehead atoms. The number of phenolic OH excluding ortho intramolecular Hbond substituents is 1. The Bertz CT molecular complexity index is 625. The van der Waals surface area contributed by atoms with Crippen molar-refractivity contribution < 1.29 is 5.11 Å². The molecule has 0 fully saturated rings. The Morgan fingerprint density at radius 1 is 0.762 bits per heavy atom. The quantitative estimate of drug-likeness (QED) is 0.716. The van der Waals surface area contributed by atoms with Crippen molar-refractivity contribution in [3.8, 4) is 16.9 Å². The molecule has 0 saturated heterocycles. The van der Waals surface area contributed by atoms with Crippen LogP contribution >= 0.6 is 0 Å². The van der Waals surface area contributed by atoms with Crippen LogP contribution in [0.25, 0.3) is 11.1 Å². The minimum atomic E-state index is -0.00904. The first-order valence-corrected chi connectivity index (χ1v) is 7.54. The second-order valence-corrected chi connectivity index (χ2v) is 7.78. The number of hydrogen-bond acceptors (Lipinski definition) is 1. The highest BCUT2D eigenvalue weighted by Gasteiger charge is 2.28. The summed E-state index contributed by atoms with van der Waals surface area (Å²) in [7, 11) is 0. The Labute approximate surface area is 128 Å². The van der Waals surface area contributed by atoms with Crippen LogP contribution in [0.1, 0.15) is 52.7 Å². The van der Waals surface area contributed by atoms with E-state index in [4.69, 9.17) is 0 Å². The van der Waals surface area contributed by atoms with Gasteiger partial charge in [-0.05, 0) is 45.2 Å². The maximum absolute atomic E-state index is 10.2. The number of aromatic hydroxyl groups is 1. The lowest BCUT2D eigenvalue weighted by molar-refractivity contribution is 0.467. The summed E-state index contributed by atoms with van der Waals surface area (Å²) in [4.78, 5) is 0. The van der Waals surface area contributed by atoms with Crippen LogP contribution in [0.2, 0.25) is 0 Å². The fraction of sp³-hybridized carbons (Fsp3) is 0.400. The predicted octanol–water partition coefficient (Wildman–Crippen LogP) is 5.65. The van der Waals surface area contributed by atoms with Gasteiger partial charge >= 0.3 is 0 Å². The van der Waals surface area contributed by atoms with E-state index in [1.807, 2.05) is 30.3 Å². The normalized spacial score (nSPS) is 12.5. The van der Waals surface area contributed by atoms with E-state index in [2.05, 4.69) is 53.7 Å². The molecule has 0 aliphatic heterocycles. The number of phenols is 1. The van der Waals surface area contributed by atoms with E-state index in [9.17, 15) is 5.11 Å². The summed E-state index contributed by atoms with van der Waals surface area (Å²) in [6.07, 6.45) is 0. The van der Waals surface area contributed by atoms with Crippen molar-refractivity contribution in [1.82, 2.24) is 0 Å². The minimum absolute atomic E-state index is 0.00904. The van der Waals surface area contributed by atoms with Crippen LogP contribution in [0.5, 0.6) is 5.75 Å². The summed E-state index contributed by atoms with van der Waals surface area (Å²) in [5.41, 5.74) is 4.83. The summed E-state index contributed by atoms with van der Waals surface area (Å²) in [5.74, 6) is 0.340. The third-order valence-corrected chi connectivity index (χ3v) is 3.77. The molecule has 0 spiro atoms. The van der Waals surface area contributed by atoms with Crippen LogP contribution in [0.15, 0.2) is 42.5 Å². The topological polar surface area (TPSA) is 20.2 Å². The van der Waals surface area contributed by atoms with Crippen LogP contribution < -0.4 is 0 Å². The van der Waals surface area contributed by atoms with E-state index in [0.29, 0.717) is 5.75 Å². The zero-order valence-electron chi connectivity index (χ0n) is 14.0. The van der Waals surface area contributed by atoms with Crippen LogP contribution in [0.3, 0.4) is 0 Å². The van der Waals surface area contributed by atoms with Crippen molar-refractivity contribution in [2.24, 2.45) is 0 Å². The molecule has 0 atom stereocenters. The second-order valence-electron chi connectivity index (χ2n) is 7.78. The van der Waals surface area contributed by atoms with Gasteiger partial charge in [0.15, 0.2) is 0 Å². The molecule has 1 nitrogen and oxygen atoms in total. The SMILES string of the molecule is CC(C)(C)c1cc(O)cc(-c2ccccc2)c1C(C)(C)C. The molecule has 1 heteroatoms. The minimum Gasteiger partial charge on any atom is -0.508 e. The van der Waals surface area contributed by atoms with Gasteiger partial charge in [-0.2, -0.15) is 0 Å². The molecule has 1 N–H and O–H groups in total. The van der Waals surface area contributed by atoms with Crippen LogP contribution in [-0.2, 0) is 10.8 Å². The molecule has 0 unspecified atom stereocenters. The monoisotopic (exact) mass is 282 g/mol. The van der Waals surface area contributed by atoms with E-state index in [1.165, 1.54) is 11.1 Å². The molecule has 0 aliphatic carbocycles. The standard InChI is InChI=1S/C20H26O/c1-19(2,3)17-13-15(21)12-16(18(17)20(4,5)6)14-10-8-7-9-11-14/h7-13,21H,1-6H3. The molecule has 112 valence electrons. The van der Waals surface area contributed by atoms with Gasteiger partial charge in [0, 0.05) is 0 Å². The van der Waals surface area contributed by atoms with Crippen molar-refractivity contribution in [3.63, 3.8) is 0 Å². The molecule has 0 saturated carbocycles. The fourth-order valence-electron chi connectivity index (χ4n) is 2.87. The predicted molar refractivity (Wildman–Crippen MR) is 90.9 cm³/mol. The summed E-state index contributed by atoms with van der Waals surface area (Å²) in [5, 5.41) is 10.2. The second kappa shape index (κ2) is 5.22. The van der Waals surface area contributed by atoms with Gasteiger partial charge in [0.25, 0.3) is 0 Å². The third-order valence-electron chi connectivity index (χ3n) is 3.77. The molecule has 0 radical (unpaired) electrons. The summed E-state index contributed by atoms with van der Waals surface area (Å²) >= 11 is 0. The number of hydrogen-bond donors (Lipinski definition) is 1. The van der Waals surface area contributed by atoms with E-state index in [1.54, 1.807) is 0 Å². The van der Waals surface area contributed by atoms with Crippen molar-refractivity contribution >= 4 is 0 Å². The van der Waals surface area contributed by atoms with E-state index in [0.717, 1.165) is 11.1 Å². The molecule has 0 aliphatic rings. The highest BCUT2D eigenvalue weighted by Crippen LogP contribution is 2.42. The lowest BCUT2D eigenvalue weighted by Gasteiger charge is -2.32. The van der Waals surface area contributed by atoms with E-state index >= 15 is 0 Å². The van der Waals surface area contributed by atoms with Crippen LogP contribution in [-0.4, -0.2) is 5.11 Å². The highest BCUT2D eigenvalue weighted by molar-refractivity contribution is 5.72. The Kier molecular flexibility index (Phi) is 3.88. The first-order valence-electron chi connectivity index (χ1n) is 7.54. The highest BCUT2D eigenvalue weighted by atomic mass is 16.3. The third kappa shape index (κ3) is 3.29. The van der Waals surface area contributed by atoms with Crippen molar-refractivity contribution in [2.75, 3.05) is 0 Å². The molecule has 21 heavy (non-hydrogen) atoms. The van der Waals surface area contributed by atoms with Gasteiger partial charge in [-0.15, -0.1) is 0 Å². The Morgan fingerprint density at radius 2 is 1.33 bits per heavy atom. The van der Waals surface area contributed by atoms with Crippen molar-refractivity contribution in [2.45, 2.75) is 52.4 Å². The van der Waals surface area contributed by atoms with E-state index < -0.39 is 0 Å². The lowest BCUT2D eigenvalue weighted by atomic mass is 9.72.